The van der Waals surface area contributed by atoms with E-state index in [-0.39, 0.29) is 6.61 Å². The Hall–Kier alpha value is -1.71. The van der Waals surface area contributed by atoms with Gasteiger partial charge in [0.15, 0.2) is 11.5 Å². The van der Waals surface area contributed by atoms with Crippen LogP contribution in [0.1, 0.15) is 18.1 Å². The van der Waals surface area contributed by atoms with Crippen molar-refractivity contribution in [1.82, 2.24) is 0 Å². The van der Waals surface area contributed by atoms with Crippen LogP contribution in [0.4, 0.5) is 5.69 Å². The standard InChI is InChI=1S/C19H17ClINO2/c1-4-9-24-19-16(21)10-14(11-18(19)23-5-2)12-22-17-8-6-7-15(20)13(17)3/h1,6-8,10-12H,5,9H2,2-3H3. The Morgan fingerprint density at radius 2 is 2.12 bits per heavy atom. The number of halogens is 2. The lowest BCUT2D eigenvalue weighted by atomic mass is 10.2. The molecule has 0 aromatic heterocycles. The maximum absolute atomic E-state index is 6.13. The first-order chi connectivity index (χ1) is 11.6. The Morgan fingerprint density at radius 1 is 1.33 bits per heavy atom. The Bertz CT molecular complexity index is 797. The summed E-state index contributed by atoms with van der Waals surface area (Å²) in [7, 11) is 0. The Labute approximate surface area is 161 Å². The molecular formula is C19H17ClINO2. The number of aliphatic imine (C=N–C) groups is 1. The monoisotopic (exact) mass is 453 g/mol. The van der Waals surface area contributed by atoms with Crippen molar-refractivity contribution in [2.45, 2.75) is 13.8 Å². The molecule has 0 unspecified atom stereocenters. The van der Waals surface area contributed by atoms with E-state index < -0.39 is 0 Å². The summed E-state index contributed by atoms with van der Waals surface area (Å²) in [5.41, 5.74) is 2.70. The largest absolute Gasteiger partial charge is 0.490 e. The number of nitrogens with zero attached hydrogens (tertiary/aromatic N) is 1. The van der Waals surface area contributed by atoms with Crippen LogP contribution < -0.4 is 9.47 Å². The first-order valence-corrected chi connectivity index (χ1v) is 8.84. The topological polar surface area (TPSA) is 30.8 Å². The van der Waals surface area contributed by atoms with Crippen molar-refractivity contribution in [2.24, 2.45) is 4.99 Å². The summed E-state index contributed by atoms with van der Waals surface area (Å²) in [6, 6.07) is 9.52. The maximum Gasteiger partial charge on any atom is 0.175 e. The molecule has 2 aromatic carbocycles. The molecule has 3 nitrogen and oxygen atoms in total. The van der Waals surface area contributed by atoms with Gasteiger partial charge in [0, 0.05) is 11.2 Å². The molecule has 0 radical (unpaired) electrons. The number of hydrogen-bond donors (Lipinski definition) is 0. The molecule has 0 amide bonds. The van der Waals surface area contributed by atoms with E-state index in [1.54, 1.807) is 6.21 Å². The molecule has 24 heavy (non-hydrogen) atoms. The summed E-state index contributed by atoms with van der Waals surface area (Å²) in [4.78, 5) is 4.53. The highest BCUT2D eigenvalue weighted by Crippen LogP contribution is 2.34. The highest BCUT2D eigenvalue weighted by molar-refractivity contribution is 14.1. The second-order valence-corrected chi connectivity index (χ2v) is 6.47. The van der Waals surface area contributed by atoms with E-state index in [2.05, 4.69) is 33.5 Å². The van der Waals surface area contributed by atoms with Crippen LogP contribution >= 0.6 is 34.2 Å². The second kappa shape index (κ2) is 8.95. The molecule has 0 saturated heterocycles. The van der Waals surface area contributed by atoms with E-state index in [0.29, 0.717) is 23.1 Å². The first kappa shape index (κ1) is 18.6. The van der Waals surface area contributed by atoms with E-state index in [0.717, 1.165) is 20.4 Å². The van der Waals surface area contributed by atoms with Crippen LogP contribution in [-0.4, -0.2) is 19.4 Å². The third-order valence-corrected chi connectivity index (χ3v) is 4.43. The van der Waals surface area contributed by atoms with Gasteiger partial charge in [-0.1, -0.05) is 23.6 Å². The molecule has 0 fully saturated rings. The molecule has 0 atom stereocenters. The molecule has 0 aliphatic heterocycles. The van der Waals surface area contributed by atoms with Crippen LogP contribution in [0, 0.1) is 22.8 Å². The summed E-state index contributed by atoms with van der Waals surface area (Å²) in [6.45, 7) is 4.61. The molecule has 0 heterocycles. The molecule has 0 spiro atoms. The lowest BCUT2D eigenvalue weighted by molar-refractivity contribution is 0.298. The molecule has 5 heteroatoms. The summed E-state index contributed by atoms with van der Waals surface area (Å²) in [6.07, 6.45) is 7.05. The Kier molecular flexibility index (Phi) is 6.95. The minimum Gasteiger partial charge on any atom is -0.490 e. The number of benzene rings is 2. The van der Waals surface area contributed by atoms with Crippen molar-refractivity contribution in [3.63, 3.8) is 0 Å². The van der Waals surface area contributed by atoms with Crippen LogP contribution in [0.15, 0.2) is 35.3 Å². The van der Waals surface area contributed by atoms with Crippen molar-refractivity contribution in [1.29, 1.82) is 0 Å². The predicted molar refractivity (Wildman–Crippen MR) is 108 cm³/mol. The summed E-state index contributed by atoms with van der Waals surface area (Å²) in [5, 5.41) is 0.701. The average Bonchev–Trinajstić information content (AvgIpc) is 2.56. The fourth-order valence-electron chi connectivity index (χ4n) is 2.06. The first-order valence-electron chi connectivity index (χ1n) is 7.38. The van der Waals surface area contributed by atoms with Crippen molar-refractivity contribution < 1.29 is 9.47 Å². The van der Waals surface area contributed by atoms with Gasteiger partial charge in [0.25, 0.3) is 0 Å². The van der Waals surface area contributed by atoms with Gasteiger partial charge in [-0.15, -0.1) is 6.42 Å². The van der Waals surface area contributed by atoms with Gasteiger partial charge in [0.2, 0.25) is 0 Å². The molecule has 2 aromatic rings. The van der Waals surface area contributed by atoms with E-state index in [1.165, 1.54) is 0 Å². The van der Waals surface area contributed by atoms with Gasteiger partial charge in [-0.05, 0) is 71.8 Å². The highest BCUT2D eigenvalue weighted by atomic mass is 127. The lowest BCUT2D eigenvalue weighted by Gasteiger charge is -2.13. The predicted octanol–water partition coefficient (Wildman–Crippen LogP) is 5.41. The molecule has 0 N–H and O–H groups in total. The van der Waals surface area contributed by atoms with Gasteiger partial charge >= 0.3 is 0 Å². The fourth-order valence-corrected chi connectivity index (χ4v) is 3.01. The van der Waals surface area contributed by atoms with Gasteiger partial charge < -0.3 is 9.47 Å². The number of terminal acetylenes is 1. The summed E-state index contributed by atoms with van der Waals surface area (Å²) < 4.78 is 12.2. The minimum absolute atomic E-state index is 0.200. The molecule has 124 valence electrons. The zero-order valence-electron chi connectivity index (χ0n) is 13.5. The quantitative estimate of drug-likeness (QED) is 0.332. The molecular weight excluding hydrogens is 437 g/mol. The van der Waals surface area contributed by atoms with Crippen molar-refractivity contribution in [3.8, 4) is 23.8 Å². The van der Waals surface area contributed by atoms with Crippen LogP contribution in [0.2, 0.25) is 5.02 Å². The number of ether oxygens (including phenoxy) is 2. The number of rotatable bonds is 6. The third-order valence-electron chi connectivity index (χ3n) is 3.22. The van der Waals surface area contributed by atoms with E-state index >= 15 is 0 Å². The zero-order valence-corrected chi connectivity index (χ0v) is 16.4. The highest BCUT2D eigenvalue weighted by Gasteiger charge is 2.11. The van der Waals surface area contributed by atoms with E-state index in [1.807, 2.05) is 44.2 Å². The lowest BCUT2D eigenvalue weighted by Crippen LogP contribution is -2.02. The van der Waals surface area contributed by atoms with Gasteiger partial charge in [-0.2, -0.15) is 0 Å². The van der Waals surface area contributed by atoms with Gasteiger partial charge in [0.05, 0.1) is 15.9 Å². The Balaban J connectivity index is 2.35. The summed E-state index contributed by atoms with van der Waals surface area (Å²) >= 11 is 8.33. The minimum atomic E-state index is 0.200. The third kappa shape index (κ3) is 4.65. The molecule has 2 rings (SSSR count). The summed E-state index contributed by atoms with van der Waals surface area (Å²) in [5.74, 6) is 3.78. The molecule has 0 bridgehead atoms. The Morgan fingerprint density at radius 3 is 2.83 bits per heavy atom. The van der Waals surface area contributed by atoms with Crippen molar-refractivity contribution in [3.05, 3.63) is 50.1 Å². The van der Waals surface area contributed by atoms with Gasteiger partial charge in [-0.25, -0.2) is 0 Å². The van der Waals surface area contributed by atoms with Crippen LogP contribution in [-0.2, 0) is 0 Å². The van der Waals surface area contributed by atoms with Gasteiger partial charge in [0.1, 0.15) is 6.61 Å². The van der Waals surface area contributed by atoms with Crippen molar-refractivity contribution in [2.75, 3.05) is 13.2 Å². The molecule has 0 aliphatic rings. The fraction of sp³-hybridized carbons (Fsp3) is 0.211. The van der Waals surface area contributed by atoms with E-state index in [4.69, 9.17) is 27.5 Å². The molecule has 0 aliphatic carbocycles. The van der Waals surface area contributed by atoms with Crippen LogP contribution in [0.25, 0.3) is 0 Å². The number of hydrogen-bond acceptors (Lipinski definition) is 3. The van der Waals surface area contributed by atoms with Crippen LogP contribution in [0.5, 0.6) is 11.5 Å². The smallest absolute Gasteiger partial charge is 0.175 e. The zero-order chi connectivity index (χ0) is 17.5. The average molecular weight is 454 g/mol. The van der Waals surface area contributed by atoms with Crippen LogP contribution in [0.3, 0.4) is 0 Å². The second-order valence-electron chi connectivity index (χ2n) is 4.90. The van der Waals surface area contributed by atoms with Crippen molar-refractivity contribution >= 4 is 46.1 Å². The molecule has 0 saturated carbocycles. The maximum atomic E-state index is 6.13. The van der Waals surface area contributed by atoms with E-state index in [9.17, 15) is 0 Å². The SMILES string of the molecule is C#CCOc1c(I)cc(C=Nc2cccc(Cl)c2C)cc1OCC. The van der Waals surface area contributed by atoms with Gasteiger partial charge in [-0.3, -0.25) is 4.99 Å². The normalized spacial score (nSPS) is 10.6.